The number of hydrogen-bond acceptors (Lipinski definition) is 4. The second-order valence-corrected chi connectivity index (χ2v) is 2.74. The molecule has 0 saturated carbocycles. The van der Waals surface area contributed by atoms with Crippen molar-refractivity contribution < 1.29 is 18.1 Å². The third kappa shape index (κ3) is 2.25. The number of aromatic nitrogens is 1. The minimum atomic E-state index is -3.17. The number of nitro groups is 1. The highest BCUT2D eigenvalue weighted by Gasteiger charge is 2.26. The Kier molecular flexibility index (Phi) is 3.40. The van der Waals surface area contributed by atoms with E-state index in [1.807, 2.05) is 0 Å². The highest BCUT2D eigenvalue weighted by atomic mass is 19.3. The first-order valence-electron chi connectivity index (χ1n) is 3.96. The van der Waals surface area contributed by atoms with E-state index in [9.17, 15) is 23.3 Å². The Balaban J connectivity index is 3.40. The van der Waals surface area contributed by atoms with E-state index in [-0.39, 0.29) is 0 Å². The largest absolute Gasteiger partial charge is 0.367 e. The average Bonchev–Trinajstić information content (AvgIpc) is 2.16. The van der Waals surface area contributed by atoms with Gasteiger partial charge < -0.3 is 10.1 Å². The van der Waals surface area contributed by atoms with Crippen molar-refractivity contribution in [2.24, 2.45) is 0 Å². The zero-order valence-electron chi connectivity index (χ0n) is 7.65. The van der Waals surface area contributed by atoms with Crippen molar-refractivity contribution in [3.05, 3.63) is 33.3 Å². The third-order valence-corrected chi connectivity index (χ3v) is 1.76. The van der Waals surface area contributed by atoms with Crippen LogP contribution in [0.15, 0.2) is 6.07 Å². The maximum Gasteiger partial charge on any atom is 0.367 e. The molecule has 0 fully saturated rings. The molecule has 0 aliphatic heterocycles. The number of halogens is 3. The molecule has 0 atom stereocenters. The molecule has 0 saturated heterocycles. The first-order valence-corrected chi connectivity index (χ1v) is 3.96. The van der Waals surface area contributed by atoms with Crippen molar-refractivity contribution in [2.45, 2.75) is 12.8 Å². The van der Waals surface area contributed by atoms with Gasteiger partial charge in [-0.15, -0.1) is 0 Å². The standard InChI is InChI=1S/C8H4F3N3O2/c9-7(10)6-4(1-2-12)3-5(14(15)16)13-8(6)11/h3,7H,1H2. The van der Waals surface area contributed by atoms with Crippen LogP contribution in [0.3, 0.4) is 0 Å². The van der Waals surface area contributed by atoms with Crippen molar-refractivity contribution in [1.29, 1.82) is 5.26 Å². The zero-order valence-corrected chi connectivity index (χ0v) is 7.65. The minimum absolute atomic E-state index is 0.420. The lowest BCUT2D eigenvalue weighted by Crippen LogP contribution is -2.04. The second-order valence-electron chi connectivity index (χ2n) is 2.74. The molecule has 8 heteroatoms. The van der Waals surface area contributed by atoms with Gasteiger partial charge in [0.05, 0.1) is 12.5 Å². The van der Waals surface area contributed by atoms with Crippen LogP contribution < -0.4 is 0 Å². The fourth-order valence-electron chi connectivity index (χ4n) is 1.11. The molecule has 0 aliphatic rings. The van der Waals surface area contributed by atoms with E-state index in [1.54, 1.807) is 0 Å². The predicted molar refractivity (Wildman–Crippen MR) is 45.1 cm³/mol. The van der Waals surface area contributed by atoms with E-state index in [4.69, 9.17) is 5.26 Å². The van der Waals surface area contributed by atoms with Gasteiger partial charge in [0, 0.05) is 6.07 Å². The molecule has 0 aliphatic carbocycles. The van der Waals surface area contributed by atoms with Crippen LogP contribution in [-0.4, -0.2) is 9.91 Å². The van der Waals surface area contributed by atoms with Crippen molar-refractivity contribution >= 4 is 5.82 Å². The molecular formula is C8H4F3N3O2. The highest BCUT2D eigenvalue weighted by Crippen LogP contribution is 2.27. The Hall–Kier alpha value is -2.17. The molecule has 0 amide bonds. The number of hydrogen-bond donors (Lipinski definition) is 0. The summed E-state index contributed by atoms with van der Waals surface area (Å²) in [6.07, 6.45) is -3.71. The Bertz CT molecular complexity index is 470. The van der Waals surface area contributed by atoms with Crippen molar-refractivity contribution in [3.63, 3.8) is 0 Å². The van der Waals surface area contributed by atoms with E-state index in [0.29, 0.717) is 6.07 Å². The summed E-state index contributed by atoms with van der Waals surface area (Å²) in [4.78, 5) is 12.1. The first kappa shape index (κ1) is 11.9. The summed E-state index contributed by atoms with van der Waals surface area (Å²) < 4.78 is 37.8. The van der Waals surface area contributed by atoms with Gasteiger partial charge in [0.25, 0.3) is 6.43 Å². The summed E-state index contributed by atoms with van der Waals surface area (Å²) in [5.74, 6) is -2.51. The van der Waals surface area contributed by atoms with Gasteiger partial charge in [-0.3, -0.25) is 0 Å². The lowest BCUT2D eigenvalue weighted by atomic mass is 10.1. The predicted octanol–water partition coefficient (Wildman–Crippen LogP) is 2.13. The Morgan fingerprint density at radius 2 is 2.25 bits per heavy atom. The van der Waals surface area contributed by atoms with Gasteiger partial charge in [0.1, 0.15) is 5.56 Å². The van der Waals surface area contributed by atoms with E-state index < -0.39 is 40.7 Å². The van der Waals surface area contributed by atoms with Crippen LogP contribution in [0.5, 0.6) is 0 Å². The summed E-state index contributed by atoms with van der Waals surface area (Å²) in [5.41, 5.74) is -1.48. The quantitative estimate of drug-likeness (QED) is 0.453. The molecule has 1 rings (SSSR count). The molecule has 84 valence electrons. The molecular weight excluding hydrogens is 227 g/mol. The molecule has 0 aromatic carbocycles. The maximum absolute atomic E-state index is 13.0. The summed E-state index contributed by atoms with van der Waals surface area (Å²) in [5, 5.41) is 18.6. The van der Waals surface area contributed by atoms with E-state index in [1.165, 1.54) is 6.07 Å². The molecule has 1 aromatic rings. The molecule has 1 aromatic heterocycles. The van der Waals surface area contributed by atoms with E-state index in [0.717, 1.165) is 0 Å². The van der Waals surface area contributed by atoms with Gasteiger partial charge in [0.2, 0.25) is 0 Å². The normalized spacial score (nSPS) is 10.2. The molecule has 0 radical (unpaired) electrons. The van der Waals surface area contributed by atoms with Crippen LogP contribution in [0, 0.1) is 27.4 Å². The van der Waals surface area contributed by atoms with Gasteiger partial charge in [-0.05, 0) is 15.5 Å². The number of rotatable bonds is 3. The van der Waals surface area contributed by atoms with E-state index in [2.05, 4.69) is 4.98 Å². The molecule has 0 N–H and O–H groups in total. The Morgan fingerprint density at radius 1 is 1.62 bits per heavy atom. The van der Waals surface area contributed by atoms with Crippen molar-refractivity contribution in [1.82, 2.24) is 4.98 Å². The van der Waals surface area contributed by atoms with Crippen molar-refractivity contribution in [2.75, 3.05) is 0 Å². The van der Waals surface area contributed by atoms with Gasteiger partial charge in [-0.2, -0.15) is 9.65 Å². The number of nitriles is 1. The molecule has 5 nitrogen and oxygen atoms in total. The van der Waals surface area contributed by atoms with Gasteiger partial charge >= 0.3 is 11.8 Å². The third-order valence-electron chi connectivity index (χ3n) is 1.76. The highest BCUT2D eigenvalue weighted by molar-refractivity contribution is 5.36. The van der Waals surface area contributed by atoms with Crippen LogP contribution in [0.1, 0.15) is 17.6 Å². The topological polar surface area (TPSA) is 79.8 Å². The monoisotopic (exact) mass is 231 g/mol. The smallest absolute Gasteiger partial charge is 0.358 e. The van der Waals surface area contributed by atoms with Gasteiger partial charge in [-0.25, -0.2) is 8.78 Å². The molecule has 0 spiro atoms. The minimum Gasteiger partial charge on any atom is -0.358 e. The average molecular weight is 231 g/mol. The summed E-state index contributed by atoms with van der Waals surface area (Å²) in [7, 11) is 0. The van der Waals surface area contributed by atoms with Crippen LogP contribution in [-0.2, 0) is 6.42 Å². The van der Waals surface area contributed by atoms with Crippen LogP contribution in [0.25, 0.3) is 0 Å². The summed E-state index contributed by atoms with van der Waals surface area (Å²) in [6, 6.07) is 2.20. The van der Waals surface area contributed by atoms with Crippen LogP contribution in [0.2, 0.25) is 0 Å². The second kappa shape index (κ2) is 4.57. The van der Waals surface area contributed by atoms with Crippen LogP contribution >= 0.6 is 0 Å². The van der Waals surface area contributed by atoms with Gasteiger partial charge in [0.15, 0.2) is 0 Å². The number of pyridine rings is 1. The van der Waals surface area contributed by atoms with Crippen LogP contribution in [0.4, 0.5) is 19.0 Å². The lowest BCUT2D eigenvalue weighted by Gasteiger charge is -2.04. The number of nitrogens with zero attached hydrogens (tertiary/aromatic N) is 3. The Morgan fingerprint density at radius 3 is 2.69 bits per heavy atom. The fraction of sp³-hybridized carbons (Fsp3) is 0.250. The fourth-order valence-corrected chi connectivity index (χ4v) is 1.11. The molecule has 0 unspecified atom stereocenters. The zero-order chi connectivity index (χ0) is 12.3. The van der Waals surface area contributed by atoms with E-state index >= 15 is 0 Å². The summed E-state index contributed by atoms with van der Waals surface area (Å²) in [6.45, 7) is 0. The molecule has 1 heterocycles. The van der Waals surface area contributed by atoms with Crippen molar-refractivity contribution in [3.8, 4) is 6.07 Å². The SMILES string of the molecule is N#CCc1cc([N+](=O)[O-])nc(F)c1C(F)F. The first-order chi connectivity index (χ1) is 7.47. The van der Waals surface area contributed by atoms with Gasteiger partial charge in [-0.1, -0.05) is 0 Å². The maximum atomic E-state index is 13.0. The Labute approximate surface area is 87.3 Å². The molecule has 0 bridgehead atoms. The molecule has 16 heavy (non-hydrogen) atoms. The number of alkyl halides is 2. The lowest BCUT2D eigenvalue weighted by molar-refractivity contribution is -0.390. The summed E-state index contributed by atoms with van der Waals surface area (Å²) >= 11 is 0.